The van der Waals surface area contributed by atoms with Crippen molar-refractivity contribution in [1.82, 2.24) is 18.9 Å². The Morgan fingerprint density at radius 3 is 2.64 bits per heavy atom. The lowest BCUT2D eigenvalue weighted by atomic mass is 10.2. The van der Waals surface area contributed by atoms with Gasteiger partial charge in [-0.15, -0.1) is 0 Å². The summed E-state index contributed by atoms with van der Waals surface area (Å²) in [7, 11) is 2.53. The Labute approximate surface area is 125 Å². The van der Waals surface area contributed by atoms with Gasteiger partial charge in [0.25, 0.3) is 5.56 Å². The van der Waals surface area contributed by atoms with Crippen molar-refractivity contribution in [3.8, 4) is 5.88 Å². The van der Waals surface area contributed by atoms with Crippen molar-refractivity contribution in [1.29, 1.82) is 0 Å². The van der Waals surface area contributed by atoms with Crippen LogP contribution < -0.4 is 11.2 Å². The van der Waals surface area contributed by atoms with E-state index in [1.165, 1.54) is 26.2 Å². The van der Waals surface area contributed by atoms with Crippen LogP contribution in [0.25, 0.3) is 6.08 Å². The molecule has 0 bridgehead atoms. The van der Waals surface area contributed by atoms with Crippen LogP contribution in [0.3, 0.4) is 0 Å². The quantitative estimate of drug-likeness (QED) is 0.628. The third-order valence-electron chi connectivity index (χ3n) is 3.33. The first-order valence-electron chi connectivity index (χ1n) is 6.61. The number of rotatable bonds is 4. The zero-order chi connectivity index (χ0) is 16.4. The number of ketones is 1. The summed E-state index contributed by atoms with van der Waals surface area (Å²) in [5.74, 6) is -1.33. The summed E-state index contributed by atoms with van der Waals surface area (Å²) < 4.78 is 3.29. The van der Waals surface area contributed by atoms with E-state index in [4.69, 9.17) is 0 Å². The third-order valence-corrected chi connectivity index (χ3v) is 3.33. The molecule has 1 N–H and O–H groups in total. The maximum atomic E-state index is 12.2. The van der Waals surface area contributed by atoms with Gasteiger partial charge in [0, 0.05) is 26.8 Å². The lowest BCUT2D eigenvalue weighted by molar-refractivity contribution is 0.104. The van der Waals surface area contributed by atoms with Crippen molar-refractivity contribution in [2.45, 2.75) is 13.5 Å². The van der Waals surface area contributed by atoms with Crippen LogP contribution >= 0.6 is 0 Å². The maximum Gasteiger partial charge on any atom is 0.333 e. The first-order valence-corrected chi connectivity index (χ1v) is 6.61. The third kappa shape index (κ3) is 2.50. The molecule has 0 aliphatic carbocycles. The van der Waals surface area contributed by atoms with Crippen LogP contribution in [0.5, 0.6) is 5.88 Å². The zero-order valence-electron chi connectivity index (χ0n) is 12.5. The molecule has 2 aromatic heterocycles. The lowest BCUT2D eigenvalue weighted by Crippen LogP contribution is -2.39. The molecule has 8 nitrogen and oxygen atoms in total. The van der Waals surface area contributed by atoms with Crippen LogP contribution in [0.1, 0.15) is 23.0 Å². The molecule has 0 saturated carbocycles. The fourth-order valence-electron chi connectivity index (χ4n) is 2.04. The summed E-state index contributed by atoms with van der Waals surface area (Å²) in [4.78, 5) is 35.8. The maximum absolute atomic E-state index is 12.2. The van der Waals surface area contributed by atoms with E-state index in [1.54, 1.807) is 16.9 Å². The normalized spacial score (nSPS) is 11.2. The number of carbonyl (C=O) groups is 1. The molecular weight excluding hydrogens is 288 g/mol. The fourth-order valence-corrected chi connectivity index (χ4v) is 2.04. The van der Waals surface area contributed by atoms with Crippen LogP contribution in [0, 0.1) is 0 Å². The van der Waals surface area contributed by atoms with E-state index in [0.717, 1.165) is 9.13 Å². The Balaban J connectivity index is 2.48. The predicted molar refractivity (Wildman–Crippen MR) is 79.9 cm³/mol. The van der Waals surface area contributed by atoms with Gasteiger partial charge in [-0.3, -0.25) is 23.4 Å². The number of aromatic hydroxyl groups is 1. The Morgan fingerprint density at radius 1 is 1.32 bits per heavy atom. The predicted octanol–water partition coefficient (Wildman–Crippen LogP) is -0.0979. The van der Waals surface area contributed by atoms with E-state index in [2.05, 4.69) is 5.10 Å². The van der Waals surface area contributed by atoms with E-state index in [1.807, 2.05) is 6.92 Å². The van der Waals surface area contributed by atoms with Crippen molar-refractivity contribution in [3.63, 3.8) is 0 Å². The number of allylic oxidation sites excluding steroid dienone is 1. The molecule has 0 spiro atoms. The number of hydrogen-bond donors (Lipinski definition) is 1. The summed E-state index contributed by atoms with van der Waals surface area (Å²) in [5.41, 5.74) is -1.29. The molecule has 116 valence electrons. The average Bonchev–Trinajstić information content (AvgIpc) is 2.96. The number of aromatic nitrogens is 4. The van der Waals surface area contributed by atoms with Crippen molar-refractivity contribution < 1.29 is 9.90 Å². The molecule has 2 aromatic rings. The molecule has 0 radical (unpaired) electrons. The minimum Gasteiger partial charge on any atom is -0.494 e. The van der Waals surface area contributed by atoms with Crippen molar-refractivity contribution in [2.75, 3.05) is 0 Å². The van der Waals surface area contributed by atoms with Crippen LogP contribution in [0.4, 0.5) is 0 Å². The van der Waals surface area contributed by atoms with Crippen LogP contribution in [-0.4, -0.2) is 29.8 Å². The van der Waals surface area contributed by atoms with Crippen LogP contribution in [0.15, 0.2) is 27.9 Å². The molecule has 0 amide bonds. The topological polar surface area (TPSA) is 99.1 Å². The van der Waals surface area contributed by atoms with Crippen molar-refractivity contribution in [2.24, 2.45) is 14.1 Å². The van der Waals surface area contributed by atoms with Gasteiger partial charge in [-0.25, -0.2) is 4.79 Å². The van der Waals surface area contributed by atoms with Gasteiger partial charge in [-0.2, -0.15) is 5.10 Å². The highest BCUT2D eigenvalue weighted by atomic mass is 16.3. The second kappa shape index (κ2) is 5.84. The van der Waals surface area contributed by atoms with Crippen molar-refractivity contribution in [3.05, 3.63) is 50.4 Å². The van der Waals surface area contributed by atoms with Gasteiger partial charge in [0.15, 0.2) is 5.78 Å². The fraction of sp³-hybridized carbons (Fsp3) is 0.286. The van der Waals surface area contributed by atoms with E-state index in [9.17, 15) is 19.5 Å². The first kappa shape index (κ1) is 15.5. The van der Waals surface area contributed by atoms with Gasteiger partial charge in [-0.05, 0) is 25.1 Å². The summed E-state index contributed by atoms with van der Waals surface area (Å²) in [6.07, 6.45) is 4.27. The van der Waals surface area contributed by atoms with Gasteiger partial charge < -0.3 is 5.11 Å². The van der Waals surface area contributed by atoms with Gasteiger partial charge >= 0.3 is 5.69 Å². The first-order chi connectivity index (χ1) is 10.4. The molecule has 22 heavy (non-hydrogen) atoms. The average molecular weight is 304 g/mol. The number of nitrogens with zero attached hydrogens (tertiary/aromatic N) is 4. The molecule has 0 aromatic carbocycles. The highest BCUT2D eigenvalue weighted by molar-refractivity contribution is 6.07. The molecule has 0 atom stereocenters. The smallest absolute Gasteiger partial charge is 0.333 e. The molecule has 0 aliphatic rings. The number of aryl methyl sites for hydroxylation is 1. The van der Waals surface area contributed by atoms with E-state index in [-0.39, 0.29) is 0 Å². The lowest BCUT2D eigenvalue weighted by Gasteiger charge is -2.08. The Bertz CT molecular complexity index is 870. The number of carbonyl (C=O) groups excluding carboxylic acids is 1. The standard InChI is InChI=1S/C14H16N4O4/c1-4-18-9(7-8-15-18)5-6-10(19)11-12(20)16(2)14(22)17(3)13(11)21/h5-8,20H,4H2,1-3H3/b6-5+. The van der Waals surface area contributed by atoms with Crippen LogP contribution in [0.2, 0.25) is 0 Å². The summed E-state index contributed by atoms with van der Waals surface area (Å²) in [6.45, 7) is 2.54. The molecule has 2 heterocycles. The SMILES string of the molecule is CCn1nccc1/C=C/C(=O)c1c(O)n(C)c(=O)n(C)c1=O. The molecule has 2 rings (SSSR count). The molecule has 0 fully saturated rings. The van der Waals surface area contributed by atoms with Crippen LogP contribution in [-0.2, 0) is 20.6 Å². The zero-order valence-corrected chi connectivity index (χ0v) is 12.5. The van der Waals surface area contributed by atoms with E-state index < -0.39 is 28.5 Å². The molecule has 0 aliphatic heterocycles. The highest BCUT2D eigenvalue weighted by Gasteiger charge is 2.19. The van der Waals surface area contributed by atoms with Crippen molar-refractivity contribution >= 4 is 11.9 Å². The second-order valence-corrected chi connectivity index (χ2v) is 4.67. The Hall–Kier alpha value is -2.90. The molecule has 8 heteroatoms. The van der Waals surface area contributed by atoms with Gasteiger partial charge in [0.1, 0.15) is 5.56 Å². The Kier molecular flexibility index (Phi) is 4.11. The summed E-state index contributed by atoms with van der Waals surface area (Å²) in [5, 5.41) is 13.9. The summed E-state index contributed by atoms with van der Waals surface area (Å²) in [6, 6.07) is 1.71. The highest BCUT2D eigenvalue weighted by Crippen LogP contribution is 2.11. The summed E-state index contributed by atoms with van der Waals surface area (Å²) >= 11 is 0. The monoisotopic (exact) mass is 304 g/mol. The minimum atomic E-state index is -0.834. The van der Waals surface area contributed by atoms with E-state index >= 15 is 0 Å². The minimum absolute atomic E-state index is 0.441. The van der Waals surface area contributed by atoms with Gasteiger partial charge in [0.2, 0.25) is 5.88 Å². The van der Waals surface area contributed by atoms with Gasteiger partial charge in [-0.1, -0.05) is 0 Å². The van der Waals surface area contributed by atoms with E-state index in [0.29, 0.717) is 12.2 Å². The largest absolute Gasteiger partial charge is 0.494 e. The number of hydrogen-bond acceptors (Lipinski definition) is 5. The molecule has 0 saturated heterocycles. The second-order valence-electron chi connectivity index (χ2n) is 4.67. The Morgan fingerprint density at radius 2 is 2.00 bits per heavy atom. The van der Waals surface area contributed by atoms with Gasteiger partial charge in [0.05, 0.1) is 5.69 Å². The molecule has 0 unspecified atom stereocenters. The molecular formula is C14H16N4O4.